The van der Waals surface area contributed by atoms with E-state index in [9.17, 15) is 4.79 Å². The lowest BCUT2D eigenvalue weighted by atomic mass is 9.85. The first-order valence-corrected chi connectivity index (χ1v) is 7.42. The number of hydrogen-bond donors (Lipinski definition) is 1. The van der Waals surface area contributed by atoms with Gasteiger partial charge in [-0.15, -0.1) is 0 Å². The molecule has 2 heterocycles. The Morgan fingerprint density at radius 1 is 1.20 bits per heavy atom. The van der Waals surface area contributed by atoms with Crippen molar-refractivity contribution >= 4 is 16.8 Å². The van der Waals surface area contributed by atoms with Crippen molar-refractivity contribution < 1.29 is 4.79 Å². The highest BCUT2D eigenvalue weighted by atomic mass is 16.2. The minimum absolute atomic E-state index is 0.174. The van der Waals surface area contributed by atoms with Gasteiger partial charge in [0.05, 0.1) is 0 Å². The number of aromatic amines is 1. The van der Waals surface area contributed by atoms with Crippen molar-refractivity contribution in [2.75, 3.05) is 13.1 Å². The molecule has 1 N–H and O–H groups in total. The van der Waals surface area contributed by atoms with Crippen LogP contribution in [0.4, 0.5) is 0 Å². The van der Waals surface area contributed by atoms with Gasteiger partial charge in [0.15, 0.2) is 0 Å². The van der Waals surface area contributed by atoms with Crippen LogP contribution in [0.1, 0.15) is 43.5 Å². The number of likely N-dealkylation sites (tertiary alicyclic amines) is 1. The second-order valence-corrected chi connectivity index (χ2v) is 6.55. The number of carbonyl (C=O) groups excluding carboxylic acids is 1. The van der Waals surface area contributed by atoms with E-state index in [1.54, 1.807) is 0 Å². The Bertz CT molecular complexity index is 627. The van der Waals surface area contributed by atoms with Crippen LogP contribution in [0, 0.1) is 5.41 Å². The maximum Gasteiger partial charge on any atom is 0.254 e. The summed E-state index contributed by atoms with van der Waals surface area (Å²) in [5.74, 6) is 0.174. The van der Waals surface area contributed by atoms with Gasteiger partial charge >= 0.3 is 0 Å². The van der Waals surface area contributed by atoms with Crippen molar-refractivity contribution in [2.24, 2.45) is 5.41 Å². The van der Waals surface area contributed by atoms with Crippen LogP contribution in [-0.2, 0) is 0 Å². The third kappa shape index (κ3) is 2.45. The summed E-state index contributed by atoms with van der Waals surface area (Å²) >= 11 is 0. The molecule has 2 aromatic rings. The predicted molar refractivity (Wildman–Crippen MR) is 81.8 cm³/mol. The third-order valence-corrected chi connectivity index (χ3v) is 4.45. The molecule has 1 aliphatic rings. The lowest BCUT2D eigenvalue weighted by Gasteiger charge is -2.23. The maximum absolute atomic E-state index is 12.8. The van der Waals surface area contributed by atoms with Gasteiger partial charge in [-0.3, -0.25) is 4.79 Å². The molecule has 0 radical (unpaired) electrons. The molecule has 20 heavy (non-hydrogen) atoms. The van der Waals surface area contributed by atoms with Crippen molar-refractivity contribution in [3.63, 3.8) is 0 Å². The van der Waals surface area contributed by atoms with Crippen LogP contribution in [0.25, 0.3) is 10.9 Å². The first-order chi connectivity index (χ1) is 9.57. The molecule has 1 amide bonds. The average molecular weight is 270 g/mol. The van der Waals surface area contributed by atoms with Crippen LogP contribution < -0.4 is 0 Å². The molecule has 0 atom stereocenters. The molecule has 1 fully saturated rings. The van der Waals surface area contributed by atoms with E-state index >= 15 is 0 Å². The molecule has 0 bridgehead atoms. The third-order valence-electron chi connectivity index (χ3n) is 4.45. The number of nitrogens with zero attached hydrogens (tertiary/aromatic N) is 1. The molecule has 0 saturated carbocycles. The number of nitrogens with one attached hydrogen (secondary N) is 1. The van der Waals surface area contributed by atoms with Gasteiger partial charge in [-0.25, -0.2) is 0 Å². The van der Waals surface area contributed by atoms with Crippen molar-refractivity contribution in [1.82, 2.24) is 9.88 Å². The van der Waals surface area contributed by atoms with E-state index in [2.05, 4.69) is 18.8 Å². The molecular formula is C17H22N2O. The highest BCUT2D eigenvalue weighted by Crippen LogP contribution is 2.30. The van der Waals surface area contributed by atoms with Gasteiger partial charge in [0, 0.05) is 35.8 Å². The number of hydrogen-bond acceptors (Lipinski definition) is 1. The molecule has 106 valence electrons. The number of fused-ring (bicyclic) bond motifs is 1. The first kappa shape index (κ1) is 13.2. The minimum Gasteiger partial charge on any atom is -0.361 e. The largest absolute Gasteiger partial charge is 0.361 e. The molecule has 3 heteroatoms. The number of aromatic nitrogens is 1. The molecule has 0 unspecified atom stereocenters. The first-order valence-electron chi connectivity index (χ1n) is 7.42. The van der Waals surface area contributed by atoms with E-state index in [-0.39, 0.29) is 5.91 Å². The number of benzene rings is 1. The standard InChI is InChI=1S/C17H22N2O/c1-17(2)8-4-11-19(12-9-17)16(20)14-5-3-6-15-13(14)7-10-18-15/h3,5-7,10,18H,4,8-9,11-12H2,1-2H3. The van der Waals surface area contributed by atoms with Crippen LogP contribution in [0.5, 0.6) is 0 Å². The van der Waals surface area contributed by atoms with Crippen molar-refractivity contribution in [1.29, 1.82) is 0 Å². The Kier molecular flexibility index (Phi) is 3.28. The van der Waals surface area contributed by atoms with Crippen molar-refractivity contribution in [3.05, 3.63) is 36.0 Å². The van der Waals surface area contributed by atoms with Crippen LogP contribution >= 0.6 is 0 Å². The maximum atomic E-state index is 12.8. The van der Waals surface area contributed by atoms with E-state index in [1.807, 2.05) is 35.4 Å². The predicted octanol–water partition coefficient (Wildman–Crippen LogP) is 3.82. The minimum atomic E-state index is 0.174. The van der Waals surface area contributed by atoms with Gasteiger partial charge in [0.25, 0.3) is 5.91 Å². The molecule has 3 rings (SSSR count). The van der Waals surface area contributed by atoms with Gasteiger partial charge in [0.1, 0.15) is 0 Å². The quantitative estimate of drug-likeness (QED) is 0.840. The number of carbonyl (C=O) groups is 1. The highest BCUT2D eigenvalue weighted by molar-refractivity contribution is 6.06. The fourth-order valence-corrected chi connectivity index (χ4v) is 3.07. The van der Waals surface area contributed by atoms with Gasteiger partial charge in [-0.1, -0.05) is 19.9 Å². The zero-order valence-electron chi connectivity index (χ0n) is 12.3. The van der Waals surface area contributed by atoms with E-state index in [1.165, 1.54) is 6.42 Å². The molecule has 1 aromatic heterocycles. The molecule has 0 spiro atoms. The summed E-state index contributed by atoms with van der Waals surface area (Å²) in [5.41, 5.74) is 2.21. The summed E-state index contributed by atoms with van der Waals surface area (Å²) in [6.45, 7) is 6.34. The smallest absolute Gasteiger partial charge is 0.254 e. The lowest BCUT2D eigenvalue weighted by molar-refractivity contribution is 0.0759. The Labute approximate surface area is 120 Å². The van der Waals surface area contributed by atoms with E-state index in [0.29, 0.717) is 5.41 Å². The van der Waals surface area contributed by atoms with Crippen molar-refractivity contribution in [3.8, 4) is 0 Å². The van der Waals surface area contributed by atoms with Crippen LogP contribution in [0.2, 0.25) is 0 Å². The van der Waals surface area contributed by atoms with E-state index < -0.39 is 0 Å². The molecule has 3 nitrogen and oxygen atoms in total. The molecule has 0 aliphatic carbocycles. The summed E-state index contributed by atoms with van der Waals surface area (Å²) in [6.07, 6.45) is 5.28. The Hall–Kier alpha value is -1.77. The Balaban J connectivity index is 1.87. The van der Waals surface area contributed by atoms with E-state index in [4.69, 9.17) is 0 Å². The number of H-pyrrole nitrogens is 1. The zero-order valence-corrected chi connectivity index (χ0v) is 12.3. The fraction of sp³-hybridized carbons (Fsp3) is 0.471. The Morgan fingerprint density at radius 3 is 2.90 bits per heavy atom. The number of rotatable bonds is 1. The van der Waals surface area contributed by atoms with Crippen LogP contribution in [0.15, 0.2) is 30.5 Å². The second-order valence-electron chi connectivity index (χ2n) is 6.55. The van der Waals surface area contributed by atoms with E-state index in [0.717, 1.165) is 42.4 Å². The van der Waals surface area contributed by atoms with Gasteiger partial charge in [-0.2, -0.15) is 0 Å². The Morgan fingerprint density at radius 2 is 2.05 bits per heavy atom. The molecule has 1 aliphatic heterocycles. The van der Waals surface area contributed by atoms with Crippen LogP contribution in [-0.4, -0.2) is 28.9 Å². The van der Waals surface area contributed by atoms with Crippen LogP contribution in [0.3, 0.4) is 0 Å². The molecule has 1 saturated heterocycles. The average Bonchev–Trinajstić information content (AvgIpc) is 2.82. The summed E-state index contributed by atoms with van der Waals surface area (Å²) in [6, 6.07) is 7.89. The second kappa shape index (κ2) is 4.97. The van der Waals surface area contributed by atoms with Crippen molar-refractivity contribution in [2.45, 2.75) is 33.1 Å². The SMILES string of the molecule is CC1(C)CCCN(C(=O)c2cccc3[nH]ccc23)CC1. The fourth-order valence-electron chi connectivity index (χ4n) is 3.07. The summed E-state index contributed by atoms with van der Waals surface area (Å²) < 4.78 is 0. The highest BCUT2D eigenvalue weighted by Gasteiger charge is 2.26. The molecule has 1 aromatic carbocycles. The molecular weight excluding hydrogens is 248 g/mol. The number of amides is 1. The normalized spacial score (nSPS) is 19.0. The summed E-state index contributed by atoms with van der Waals surface area (Å²) in [4.78, 5) is 18.0. The van der Waals surface area contributed by atoms with Gasteiger partial charge < -0.3 is 9.88 Å². The van der Waals surface area contributed by atoms with Gasteiger partial charge in [0.2, 0.25) is 0 Å². The van der Waals surface area contributed by atoms with Gasteiger partial charge in [-0.05, 0) is 42.9 Å². The topological polar surface area (TPSA) is 36.1 Å². The summed E-state index contributed by atoms with van der Waals surface area (Å²) in [5, 5.41) is 1.03. The zero-order chi connectivity index (χ0) is 14.2. The summed E-state index contributed by atoms with van der Waals surface area (Å²) in [7, 11) is 0. The lowest BCUT2D eigenvalue weighted by Crippen LogP contribution is -2.32. The monoisotopic (exact) mass is 270 g/mol.